The van der Waals surface area contributed by atoms with Gasteiger partial charge in [-0.1, -0.05) is 0 Å². The van der Waals surface area contributed by atoms with Crippen LogP contribution >= 0.6 is 0 Å². The maximum absolute atomic E-state index is 10.6. The first kappa shape index (κ1) is 6.29. The molecule has 1 rings (SSSR count). The Hall–Kier alpha value is -0.830. The van der Waals surface area contributed by atoms with Crippen LogP contribution in [0.2, 0.25) is 0 Å². The van der Waals surface area contributed by atoms with Gasteiger partial charge in [-0.2, -0.15) is 0 Å². The highest BCUT2D eigenvalue weighted by atomic mass is 16.3. The zero-order chi connectivity index (χ0) is 6.85. The minimum Gasteiger partial charge on any atom is -0.511 e. The average molecular weight is 127 g/mol. The van der Waals surface area contributed by atoms with Gasteiger partial charge in [0.2, 0.25) is 0 Å². The molecule has 0 unspecified atom stereocenters. The summed E-state index contributed by atoms with van der Waals surface area (Å²) < 4.78 is 0. The number of carbonyl (C=O) groups is 1. The lowest BCUT2D eigenvalue weighted by molar-refractivity contribution is -0.116. The highest BCUT2D eigenvalue weighted by molar-refractivity contribution is 5.92. The van der Waals surface area contributed by atoms with E-state index in [4.69, 9.17) is 5.11 Å². The van der Waals surface area contributed by atoms with Crippen molar-refractivity contribution in [3.05, 3.63) is 11.8 Å². The molecule has 0 aromatic carbocycles. The van der Waals surface area contributed by atoms with Crippen molar-refractivity contribution in [1.82, 2.24) is 4.90 Å². The molecule has 3 nitrogen and oxygen atoms in total. The number of nitrogens with zero attached hydrogens (tertiary/aromatic N) is 1. The minimum atomic E-state index is -0.0266. The summed E-state index contributed by atoms with van der Waals surface area (Å²) in [5.74, 6) is 0.134. The number of likely N-dealkylation sites (N-methyl/N-ethyl adjacent to an activating group) is 1. The average Bonchev–Trinajstić information content (AvgIpc) is 1.59. The van der Waals surface area contributed by atoms with Crippen LogP contribution < -0.4 is 0 Å². The second-order valence-corrected chi connectivity index (χ2v) is 2.27. The van der Waals surface area contributed by atoms with E-state index in [0.29, 0.717) is 13.1 Å². The highest BCUT2D eigenvalue weighted by Crippen LogP contribution is 2.00. The van der Waals surface area contributed by atoms with Gasteiger partial charge >= 0.3 is 0 Å². The van der Waals surface area contributed by atoms with Gasteiger partial charge in [0.25, 0.3) is 0 Å². The van der Waals surface area contributed by atoms with Crippen molar-refractivity contribution in [2.45, 2.75) is 0 Å². The minimum absolute atomic E-state index is 0.0266. The molecule has 3 heteroatoms. The van der Waals surface area contributed by atoms with E-state index in [-0.39, 0.29) is 11.5 Å². The summed E-state index contributed by atoms with van der Waals surface area (Å²) in [4.78, 5) is 12.4. The van der Waals surface area contributed by atoms with E-state index in [0.717, 1.165) is 0 Å². The summed E-state index contributed by atoms with van der Waals surface area (Å²) in [6, 6.07) is 0. The van der Waals surface area contributed by atoms with Gasteiger partial charge in [-0.25, -0.2) is 0 Å². The molecule has 9 heavy (non-hydrogen) atoms. The predicted molar refractivity (Wildman–Crippen MR) is 33.2 cm³/mol. The number of carbonyl (C=O) groups excluding carboxylic acids is 1. The summed E-state index contributed by atoms with van der Waals surface area (Å²) in [5.41, 5.74) is 0. The Morgan fingerprint density at radius 3 is 2.78 bits per heavy atom. The van der Waals surface area contributed by atoms with E-state index in [1.165, 1.54) is 6.08 Å². The summed E-state index contributed by atoms with van der Waals surface area (Å²) in [6.07, 6.45) is 1.28. The number of ketones is 1. The van der Waals surface area contributed by atoms with E-state index >= 15 is 0 Å². The second kappa shape index (κ2) is 2.19. The largest absolute Gasteiger partial charge is 0.511 e. The van der Waals surface area contributed by atoms with E-state index in [1.807, 2.05) is 0 Å². The van der Waals surface area contributed by atoms with Crippen LogP contribution in [0.3, 0.4) is 0 Å². The predicted octanol–water partition coefficient (Wildman–Crippen LogP) is -0.0572. The fraction of sp³-hybridized carbons (Fsp3) is 0.500. The molecule has 0 bridgehead atoms. The van der Waals surface area contributed by atoms with E-state index in [9.17, 15) is 4.79 Å². The van der Waals surface area contributed by atoms with Gasteiger partial charge in [0.15, 0.2) is 5.78 Å². The van der Waals surface area contributed by atoms with E-state index < -0.39 is 0 Å². The fourth-order valence-corrected chi connectivity index (χ4v) is 0.876. The van der Waals surface area contributed by atoms with Crippen molar-refractivity contribution in [3.63, 3.8) is 0 Å². The summed E-state index contributed by atoms with van der Waals surface area (Å²) in [7, 11) is 1.79. The SMILES string of the molecule is CN1CC(=O)C=C(O)C1. The normalized spacial score (nSPS) is 21.9. The lowest BCUT2D eigenvalue weighted by Crippen LogP contribution is -2.31. The smallest absolute Gasteiger partial charge is 0.173 e. The third kappa shape index (κ3) is 1.54. The van der Waals surface area contributed by atoms with E-state index in [1.54, 1.807) is 11.9 Å². The first-order valence-corrected chi connectivity index (χ1v) is 2.79. The van der Waals surface area contributed by atoms with E-state index in [2.05, 4.69) is 0 Å². The maximum Gasteiger partial charge on any atom is 0.173 e. The van der Waals surface area contributed by atoms with Crippen molar-refractivity contribution >= 4 is 5.78 Å². The van der Waals surface area contributed by atoms with Gasteiger partial charge in [-0.05, 0) is 7.05 Å². The molecule has 50 valence electrons. The van der Waals surface area contributed by atoms with Crippen molar-refractivity contribution < 1.29 is 9.90 Å². The molecule has 0 saturated carbocycles. The summed E-state index contributed by atoms with van der Waals surface area (Å²) >= 11 is 0. The van der Waals surface area contributed by atoms with Crippen molar-refractivity contribution in [3.8, 4) is 0 Å². The molecule has 0 spiro atoms. The highest BCUT2D eigenvalue weighted by Gasteiger charge is 2.12. The van der Waals surface area contributed by atoms with Gasteiger partial charge in [0, 0.05) is 6.08 Å². The van der Waals surface area contributed by atoms with Gasteiger partial charge < -0.3 is 5.11 Å². The Labute approximate surface area is 53.6 Å². The zero-order valence-electron chi connectivity index (χ0n) is 5.29. The summed E-state index contributed by atoms with van der Waals surface area (Å²) in [6.45, 7) is 0.913. The van der Waals surface area contributed by atoms with Crippen LogP contribution in [0.4, 0.5) is 0 Å². The Balaban J connectivity index is 2.67. The number of hydrogen-bond acceptors (Lipinski definition) is 3. The molecule has 0 atom stereocenters. The van der Waals surface area contributed by atoms with Gasteiger partial charge in [-0.15, -0.1) is 0 Å². The third-order valence-corrected chi connectivity index (χ3v) is 1.19. The quantitative estimate of drug-likeness (QED) is 0.495. The Bertz CT molecular complexity index is 162. The summed E-state index contributed by atoms with van der Waals surface area (Å²) in [5, 5.41) is 8.85. The van der Waals surface area contributed by atoms with Crippen molar-refractivity contribution in [2.75, 3.05) is 20.1 Å². The molecule has 0 aliphatic carbocycles. The Kier molecular flexibility index (Phi) is 1.53. The number of hydrogen-bond donors (Lipinski definition) is 1. The molecule has 0 fully saturated rings. The van der Waals surface area contributed by atoms with Crippen LogP contribution in [0.15, 0.2) is 11.8 Å². The first-order valence-electron chi connectivity index (χ1n) is 2.79. The lowest BCUT2D eigenvalue weighted by atomic mass is 10.2. The van der Waals surface area contributed by atoms with Crippen molar-refractivity contribution in [1.29, 1.82) is 0 Å². The molecule has 0 amide bonds. The Morgan fingerprint density at radius 2 is 2.33 bits per heavy atom. The molecule has 0 aromatic rings. The molecular weight excluding hydrogens is 118 g/mol. The van der Waals surface area contributed by atoms with Gasteiger partial charge in [-0.3, -0.25) is 9.69 Å². The molecule has 1 heterocycles. The van der Waals surface area contributed by atoms with Crippen LogP contribution in [0.25, 0.3) is 0 Å². The molecule has 1 aliphatic rings. The fourth-order valence-electron chi connectivity index (χ4n) is 0.876. The number of aliphatic hydroxyl groups is 1. The van der Waals surface area contributed by atoms with Gasteiger partial charge in [0.05, 0.1) is 13.1 Å². The molecule has 1 aliphatic heterocycles. The van der Waals surface area contributed by atoms with Crippen molar-refractivity contribution in [2.24, 2.45) is 0 Å². The Morgan fingerprint density at radius 1 is 1.67 bits per heavy atom. The molecule has 0 aromatic heterocycles. The first-order chi connectivity index (χ1) is 4.18. The van der Waals surface area contributed by atoms with Crippen LogP contribution in [-0.4, -0.2) is 35.9 Å². The van der Waals surface area contributed by atoms with Crippen LogP contribution in [0.5, 0.6) is 0 Å². The van der Waals surface area contributed by atoms with Crippen LogP contribution in [-0.2, 0) is 4.79 Å². The number of aliphatic hydroxyl groups excluding tert-OH is 1. The standard InChI is InChI=1S/C6H9NO2/c1-7-3-5(8)2-6(9)4-7/h2,8H,3-4H2,1H3. The van der Waals surface area contributed by atoms with Crippen LogP contribution in [0.1, 0.15) is 0 Å². The zero-order valence-corrected chi connectivity index (χ0v) is 5.29. The van der Waals surface area contributed by atoms with Crippen LogP contribution in [0, 0.1) is 0 Å². The second-order valence-electron chi connectivity index (χ2n) is 2.27. The van der Waals surface area contributed by atoms with Gasteiger partial charge in [0.1, 0.15) is 5.76 Å². The molecule has 0 saturated heterocycles. The molecule has 0 radical (unpaired) electrons. The maximum atomic E-state index is 10.6. The topological polar surface area (TPSA) is 40.5 Å². The molecule has 1 N–H and O–H groups in total. The lowest BCUT2D eigenvalue weighted by Gasteiger charge is -2.17. The molecular formula is C6H9NO2. The third-order valence-electron chi connectivity index (χ3n) is 1.19. The number of rotatable bonds is 0. The monoisotopic (exact) mass is 127 g/mol.